The molecular weight excluding hydrogens is 416 g/mol. The van der Waals surface area contributed by atoms with E-state index in [0.717, 1.165) is 42.5 Å². The van der Waals surface area contributed by atoms with Crippen LogP contribution in [-0.4, -0.2) is 35.0 Å². The van der Waals surface area contributed by atoms with Gasteiger partial charge in [0.1, 0.15) is 12.4 Å². The van der Waals surface area contributed by atoms with Crippen molar-refractivity contribution < 1.29 is 19.5 Å². The zero-order valence-corrected chi connectivity index (χ0v) is 19.0. The van der Waals surface area contributed by atoms with Crippen LogP contribution in [0, 0.1) is 5.92 Å². The topological polar surface area (TPSA) is 81.0 Å². The van der Waals surface area contributed by atoms with Crippen LogP contribution in [-0.2, 0) is 16.1 Å². The Labute approximate surface area is 195 Å². The van der Waals surface area contributed by atoms with Gasteiger partial charge < -0.3 is 14.7 Å². The molecule has 1 N–H and O–H groups in total. The SMILES string of the molecule is O=C(O)COc1cccc2c1CCCC2/C=C/CO/N=C(/CC1CCCC1)c1cccnc1. The summed E-state index contributed by atoms with van der Waals surface area (Å²) in [6, 6.07) is 9.89. The van der Waals surface area contributed by atoms with Crippen molar-refractivity contribution in [2.45, 2.75) is 57.3 Å². The third-order valence-electron chi connectivity index (χ3n) is 6.53. The van der Waals surface area contributed by atoms with E-state index in [1.165, 1.54) is 31.2 Å². The quantitative estimate of drug-likeness (QED) is 0.224. The molecule has 0 radical (unpaired) electrons. The number of allylic oxidation sites excluding steroid dienone is 1. The Hall–Kier alpha value is -3.15. The first kappa shape index (κ1) is 23.0. The summed E-state index contributed by atoms with van der Waals surface area (Å²) in [5.41, 5.74) is 4.34. The van der Waals surface area contributed by atoms with Gasteiger partial charge in [-0.1, -0.05) is 49.0 Å². The maximum absolute atomic E-state index is 10.9. The van der Waals surface area contributed by atoms with Crippen LogP contribution < -0.4 is 4.74 Å². The summed E-state index contributed by atoms with van der Waals surface area (Å²) < 4.78 is 5.51. The average molecular weight is 449 g/mol. The molecule has 6 nitrogen and oxygen atoms in total. The normalized spacial score (nSPS) is 18.9. The number of rotatable bonds is 10. The number of aliphatic carboxylic acids is 1. The zero-order valence-electron chi connectivity index (χ0n) is 19.0. The van der Waals surface area contributed by atoms with Gasteiger partial charge in [-0.05, 0) is 67.0 Å². The van der Waals surface area contributed by atoms with E-state index in [2.05, 4.69) is 22.3 Å². The first-order valence-corrected chi connectivity index (χ1v) is 11.9. The highest BCUT2D eigenvalue weighted by atomic mass is 16.6. The molecule has 6 heteroatoms. The predicted molar refractivity (Wildman–Crippen MR) is 128 cm³/mol. The van der Waals surface area contributed by atoms with Crippen molar-refractivity contribution >= 4 is 11.7 Å². The van der Waals surface area contributed by atoms with Gasteiger partial charge in [0, 0.05) is 23.9 Å². The molecule has 2 aliphatic rings. The monoisotopic (exact) mass is 448 g/mol. The van der Waals surface area contributed by atoms with Gasteiger partial charge in [-0.15, -0.1) is 0 Å². The molecule has 1 heterocycles. The summed E-state index contributed by atoms with van der Waals surface area (Å²) >= 11 is 0. The number of nitrogens with zero attached hydrogens (tertiary/aromatic N) is 2. The highest BCUT2D eigenvalue weighted by Crippen LogP contribution is 2.37. The number of fused-ring (bicyclic) bond motifs is 1. The summed E-state index contributed by atoms with van der Waals surface area (Å²) in [5, 5.41) is 13.4. The Morgan fingerprint density at radius 3 is 2.82 bits per heavy atom. The highest BCUT2D eigenvalue weighted by Gasteiger charge is 2.21. The van der Waals surface area contributed by atoms with Gasteiger partial charge in [0.25, 0.3) is 0 Å². The predicted octanol–water partition coefficient (Wildman–Crippen LogP) is 5.52. The zero-order chi connectivity index (χ0) is 22.9. The average Bonchev–Trinajstić information content (AvgIpc) is 3.35. The molecule has 0 aliphatic heterocycles. The maximum Gasteiger partial charge on any atom is 0.341 e. The Morgan fingerprint density at radius 2 is 2.03 bits per heavy atom. The third kappa shape index (κ3) is 6.44. The molecular formula is C27H32N2O4. The van der Waals surface area contributed by atoms with Gasteiger partial charge >= 0.3 is 5.97 Å². The second-order valence-corrected chi connectivity index (χ2v) is 8.86. The van der Waals surface area contributed by atoms with E-state index in [9.17, 15) is 4.79 Å². The Morgan fingerprint density at radius 1 is 1.15 bits per heavy atom. The van der Waals surface area contributed by atoms with Crippen molar-refractivity contribution in [2.24, 2.45) is 11.1 Å². The molecule has 1 saturated carbocycles. The summed E-state index contributed by atoms with van der Waals surface area (Å²) in [6.45, 7) is 0.0956. The van der Waals surface area contributed by atoms with Crippen molar-refractivity contribution in [1.82, 2.24) is 4.98 Å². The van der Waals surface area contributed by atoms with Crippen LogP contribution in [0.4, 0.5) is 0 Å². The molecule has 1 atom stereocenters. The fourth-order valence-electron chi connectivity index (χ4n) is 4.93. The summed E-state index contributed by atoms with van der Waals surface area (Å²) in [4.78, 5) is 20.8. The Balaban J connectivity index is 1.38. The van der Waals surface area contributed by atoms with Crippen LogP contribution in [0.5, 0.6) is 5.75 Å². The van der Waals surface area contributed by atoms with E-state index >= 15 is 0 Å². The molecule has 0 spiro atoms. The Kier molecular flexibility index (Phi) is 8.12. The molecule has 1 unspecified atom stereocenters. The number of benzene rings is 1. The second-order valence-electron chi connectivity index (χ2n) is 8.86. The Bertz CT molecular complexity index is 981. The minimum atomic E-state index is -0.962. The largest absolute Gasteiger partial charge is 0.482 e. The lowest BCUT2D eigenvalue weighted by Gasteiger charge is -2.25. The lowest BCUT2D eigenvalue weighted by Crippen LogP contribution is -2.14. The molecule has 1 aromatic carbocycles. The molecule has 2 aliphatic carbocycles. The van der Waals surface area contributed by atoms with Gasteiger partial charge in [0.2, 0.25) is 0 Å². The number of hydrogen-bond acceptors (Lipinski definition) is 5. The first-order chi connectivity index (χ1) is 16.2. The summed E-state index contributed by atoms with van der Waals surface area (Å²) in [5.74, 6) is 0.670. The summed E-state index contributed by atoms with van der Waals surface area (Å²) in [7, 11) is 0. The maximum atomic E-state index is 10.9. The third-order valence-corrected chi connectivity index (χ3v) is 6.53. The van der Waals surface area contributed by atoms with Crippen molar-refractivity contribution in [2.75, 3.05) is 13.2 Å². The molecule has 0 amide bonds. The minimum absolute atomic E-state index is 0.269. The van der Waals surface area contributed by atoms with Gasteiger partial charge in [-0.3, -0.25) is 4.98 Å². The van der Waals surface area contributed by atoms with E-state index in [1.54, 1.807) is 6.20 Å². The molecule has 174 valence electrons. The molecule has 33 heavy (non-hydrogen) atoms. The van der Waals surface area contributed by atoms with Crippen molar-refractivity contribution in [3.63, 3.8) is 0 Å². The molecule has 0 saturated heterocycles. The van der Waals surface area contributed by atoms with E-state index in [4.69, 9.17) is 14.7 Å². The van der Waals surface area contributed by atoms with Crippen LogP contribution in [0.3, 0.4) is 0 Å². The van der Waals surface area contributed by atoms with Crippen LogP contribution in [0.1, 0.15) is 67.6 Å². The van der Waals surface area contributed by atoms with E-state index in [-0.39, 0.29) is 12.5 Å². The lowest BCUT2D eigenvalue weighted by atomic mass is 9.82. The molecule has 4 rings (SSSR count). The van der Waals surface area contributed by atoms with Gasteiger partial charge in [0.05, 0.1) is 5.71 Å². The van der Waals surface area contributed by atoms with Crippen LogP contribution in [0.2, 0.25) is 0 Å². The number of ether oxygens (including phenoxy) is 1. The molecule has 1 fully saturated rings. The van der Waals surface area contributed by atoms with Crippen LogP contribution >= 0.6 is 0 Å². The number of hydrogen-bond donors (Lipinski definition) is 1. The number of carbonyl (C=O) groups is 1. The van der Waals surface area contributed by atoms with Gasteiger partial charge in [0.15, 0.2) is 6.61 Å². The molecule has 1 aromatic heterocycles. The molecule has 2 aromatic rings. The van der Waals surface area contributed by atoms with Crippen molar-refractivity contribution in [3.8, 4) is 5.75 Å². The van der Waals surface area contributed by atoms with Gasteiger partial charge in [-0.2, -0.15) is 0 Å². The van der Waals surface area contributed by atoms with E-state index in [0.29, 0.717) is 18.3 Å². The molecule has 0 bridgehead atoms. The van der Waals surface area contributed by atoms with Gasteiger partial charge in [-0.25, -0.2) is 4.79 Å². The lowest BCUT2D eigenvalue weighted by molar-refractivity contribution is -0.139. The van der Waals surface area contributed by atoms with Crippen LogP contribution in [0.25, 0.3) is 0 Å². The number of carboxylic acid groups (broad SMARTS) is 1. The first-order valence-electron chi connectivity index (χ1n) is 11.9. The van der Waals surface area contributed by atoms with E-state index < -0.39 is 5.97 Å². The van der Waals surface area contributed by atoms with Crippen LogP contribution in [0.15, 0.2) is 60.0 Å². The minimum Gasteiger partial charge on any atom is -0.482 e. The highest BCUT2D eigenvalue weighted by molar-refractivity contribution is 6.00. The van der Waals surface area contributed by atoms with E-state index in [1.807, 2.05) is 36.5 Å². The second kappa shape index (κ2) is 11.6. The summed E-state index contributed by atoms with van der Waals surface area (Å²) in [6.07, 6.45) is 16.9. The standard InChI is InChI=1S/C27H32N2O4/c30-27(31)19-32-26-14-4-12-23-21(9-3-13-24(23)26)11-6-16-33-29-25(17-20-7-1-2-8-20)22-10-5-15-28-18-22/h4-6,10-12,14-15,18,20-21H,1-3,7-9,13,16-17,19H2,(H,30,31)/b11-6+,29-25-. The van der Waals surface area contributed by atoms with Crippen molar-refractivity contribution in [1.29, 1.82) is 0 Å². The fourth-order valence-corrected chi connectivity index (χ4v) is 4.93. The van der Waals surface area contributed by atoms with Crippen molar-refractivity contribution in [3.05, 3.63) is 71.6 Å². The fraction of sp³-hybridized carbons (Fsp3) is 0.444. The number of aromatic nitrogens is 1. The number of pyridine rings is 1. The smallest absolute Gasteiger partial charge is 0.341 e. The number of carboxylic acids is 1. The number of oxime groups is 1.